The fraction of sp³-hybridized carbons (Fsp3) is 0.600. The summed E-state index contributed by atoms with van der Waals surface area (Å²) in [5.74, 6) is 1.96. The van der Waals surface area contributed by atoms with Crippen LogP contribution >= 0.6 is 0 Å². The molecule has 0 amide bonds. The predicted molar refractivity (Wildman–Crippen MR) is 129 cm³/mol. The van der Waals surface area contributed by atoms with Crippen LogP contribution in [-0.4, -0.2) is 57.4 Å². The Kier molecular flexibility index (Phi) is 6.54. The lowest BCUT2D eigenvalue weighted by molar-refractivity contribution is 0.147. The molecule has 0 aliphatic heterocycles. The highest BCUT2D eigenvalue weighted by Gasteiger charge is 2.35. The van der Waals surface area contributed by atoms with Gasteiger partial charge in [-0.2, -0.15) is 0 Å². The SMILES string of the molecule is COc1cc2cc([C@@H](c3nnnn3C3CCCC3)N(C)C3CCCCC3)c(=O)[nH]c2cc1OC. The summed E-state index contributed by atoms with van der Waals surface area (Å²) < 4.78 is 12.9. The van der Waals surface area contributed by atoms with E-state index in [1.807, 2.05) is 22.9 Å². The molecular formula is C25H34N6O3. The molecule has 1 N–H and O–H groups in total. The van der Waals surface area contributed by atoms with Gasteiger partial charge in [0.25, 0.3) is 5.56 Å². The zero-order valence-corrected chi connectivity index (χ0v) is 20.3. The number of aromatic nitrogens is 5. The molecule has 0 saturated heterocycles. The number of aromatic amines is 1. The van der Waals surface area contributed by atoms with Crippen molar-refractivity contribution in [3.8, 4) is 11.5 Å². The number of rotatable bonds is 7. The Morgan fingerprint density at radius 1 is 1.00 bits per heavy atom. The van der Waals surface area contributed by atoms with Crippen molar-refractivity contribution in [3.05, 3.63) is 39.9 Å². The van der Waals surface area contributed by atoms with Crippen molar-refractivity contribution in [3.63, 3.8) is 0 Å². The van der Waals surface area contributed by atoms with Gasteiger partial charge in [0, 0.05) is 23.1 Å². The van der Waals surface area contributed by atoms with Crippen LogP contribution in [0.3, 0.4) is 0 Å². The van der Waals surface area contributed by atoms with Crippen LogP contribution in [0.25, 0.3) is 10.9 Å². The second-order valence-corrected chi connectivity index (χ2v) is 9.63. The molecule has 5 rings (SSSR count). The number of benzene rings is 1. The topological polar surface area (TPSA) is 98.2 Å². The molecule has 2 fully saturated rings. The van der Waals surface area contributed by atoms with E-state index in [4.69, 9.17) is 9.47 Å². The van der Waals surface area contributed by atoms with E-state index in [0.29, 0.717) is 28.6 Å². The van der Waals surface area contributed by atoms with Gasteiger partial charge in [0.2, 0.25) is 0 Å². The van der Waals surface area contributed by atoms with E-state index in [-0.39, 0.29) is 17.6 Å². The smallest absolute Gasteiger partial charge is 0.253 e. The summed E-state index contributed by atoms with van der Waals surface area (Å²) in [5, 5.41) is 13.8. The number of H-pyrrole nitrogens is 1. The van der Waals surface area contributed by atoms with Crippen molar-refractivity contribution in [2.24, 2.45) is 0 Å². The quantitative estimate of drug-likeness (QED) is 0.562. The monoisotopic (exact) mass is 466 g/mol. The van der Waals surface area contributed by atoms with Crippen LogP contribution < -0.4 is 15.0 Å². The number of nitrogens with zero attached hydrogens (tertiary/aromatic N) is 5. The molecule has 1 aromatic carbocycles. The summed E-state index contributed by atoms with van der Waals surface area (Å²) in [6.07, 6.45) is 10.4. The summed E-state index contributed by atoms with van der Waals surface area (Å²) >= 11 is 0. The number of hydrogen-bond donors (Lipinski definition) is 1. The van der Waals surface area contributed by atoms with Crippen LogP contribution in [0.1, 0.15) is 81.3 Å². The number of tetrazole rings is 1. The molecule has 2 aromatic heterocycles. The molecule has 9 heteroatoms. The normalized spacial score (nSPS) is 18.6. The molecule has 0 radical (unpaired) electrons. The summed E-state index contributed by atoms with van der Waals surface area (Å²) in [6.45, 7) is 0. The van der Waals surface area contributed by atoms with Crippen LogP contribution in [0.15, 0.2) is 23.0 Å². The minimum absolute atomic E-state index is 0.131. The second-order valence-electron chi connectivity index (χ2n) is 9.63. The lowest BCUT2D eigenvalue weighted by atomic mass is 9.92. The van der Waals surface area contributed by atoms with E-state index >= 15 is 0 Å². The summed E-state index contributed by atoms with van der Waals surface area (Å²) in [5.41, 5.74) is 1.23. The Labute approximate surface area is 199 Å². The first kappa shape index (κ1) is 22.8. The number of ether oxygens (including phenoxy) is 2. The van der Waals surface area contributed by atoms with Crippen LogP contribution in [0, 0.1) is 0 Å². The van der Waals surface area contributed by atoms with Gasteiger partial charge in [0.05, 0.1) is 25.8 Å². The fourth-order valence-corrected chi connectivity index (χ4v) is 5.78. The molecular weight excluding hydrogens is 432 g/mol. The molecule has 0 bridgehead atoms. The average Bonchev–Trinajstić information content (AvgIpc) is 3.56. The minimum atomic E-state index is -0.333. The summed E-state index contributed by atoms with van der Waals surface area (Å²) in [7, 11) is 5.33. The Morgan fingerprint density at radius 3 is 2.38 bits per heavy atom. The highest BCUT2D eigenvalue weighted by molar-refractivity contribution is 5.83. The molecule has 2 saturated carbocycles. The standard InChI is InChI=1S/C25H34N6O3/c1-30(17-9-5-4-6-10-17)23(24-27-28-29-31(24)18-11-7-8-12-18)19-13-16-14-21(33-2)22(34-3)15-20(16)26-25(19)32/h13-15,17-18,23H,4-12H2,1-3H3,(H,26,32)/t23-/m0/s1. The van der Waals surface area contributed by atoms with Crippen molar-refractivity contribution in [1.82, 2.24) is 30.1 Å². The van der Waals surface area contributed by atoms with Gasteiger partial charge in [-0.05, 0) is 55.3 Å². The maximum atomic E-state index is 13.5. The lowest BCUT2D eigenvalue weighted by Gasteiger charge is -2.36. The highest BCUT2D eigenvalue weighted by atomic mass is 16.5. The largest absolute Gasteiger partial charge is 0.493 e. The predicted octanol–water partition coefficient (Wildman–Crippen LogP) is 4.00. The molecule has 3 aromatic rings. The summed E-state index contributed by atoms with van der Waals surface area (Å²) in [4.78, 5) is 18.9. The Balaban J connectivity index is 1.65. The number of hydrogen-bond acceptors (Lipinski definition) is 7. The highest BCUT2D eigenvalue weighted by Crippen LogP contribution is 2.37. The first-order chi connectivity index (χ1) is 16.6. The average molecular weight is 467 g/mol. The van der Waals surface area contributed by atoms with E-state index in [1.165, 1.54) is 32.1 Å². The van der Waals surface area contributed by atoms with Gasteiger partial charge < -0.3 is 14.5 Å². The second kappa shape index (κ2) is 9.74. The third kappa shape index (κ3) is 4.17. The maximum Gasteiger partial charge on any atom is 0.253 e. The van der Waals surface area contributed by atoms with Crippen molar-refractivity contribution >= 4 is 10.9 Å². The summed E-state index contributed by atoms with van der Waals surface area (Å²) in [6, 6.07) is 6.02. The number of nitrogens with one attached hydrogen (secondary N) is 1. The van der Waals surface area contributed by atoms with Gasteiger partial charge in [-0.3, -0.25) is 9.69 Å². The first-order valence-electron chi connectivity index (χ1n) is 12.4. The van der Waals surface area contributed by atoms with Crippen molar-refractivity contribution in [1.29, 1.82) is 0 Å². The van der Waals surface area contributed by atoms with Crippen LogP contribution in [0.2, 0.25) is 0 Å². The molecule has 2 aliphatic carbocycles. The molecule has 1 atom stereocenters. The van der Waals surface area contributed by atoms with Gasteiger partial charge in [0.1, 0.15) is 6.04 Å². The molecule has 182 valence electrons. The van der Waals surface area contributed by atoms with Gasteiger partial charge in [-0.15, -0.1) is 5.10 Å². The minimum Gasteiger partial charge on any atom is -0.493 e. The van der Waals surface area contributed by atoms with E-state index in [1.54, 1.807) is 14.2 Å². The number of pyridine rings is 1. The molecule has 9 nitrogen and oxygen atoms in total. The van der Waals surface area contributed by atoms with E-state index in [2.05, 4.69) is 32.5 Å². The molecule has 2 heterocycles. The van der Waals surface area contributed by atoms with Crippen LogP contribution in [-0.2, 0) is 0 Å². The third-order valence-electron chi connectivity index (χ3n) is 7.66. The van der Waals surface area contributed by atoms with E-state index in [9.17, 15) is 4.79 Å². The first-order valence-corrected chi connectivity index (χ1v) is 12.4. The molecule has 0 unspecified atom stereocenters. The number of fused-ring (bicyclic) bond motifs is 1. The van der Waals surface area contributed by atoms with Crippen LogP contribution in [0.5, 0.6) is 11.5 Å². The lowest BCUT2D eigenvalue weighted by Crippen LogP contribution is -2.40. The zero-order valence-electron chi connectivity index (χ0n) is 20.3. The van der Waals surface area contributed by atoms with Crippen molar-refractivity contribution < 1.29 is 9.47 Å². The third-order valence-corrected chi connectivity index (χ3v) is 7.66. The van der Waals surface area contributed by atoms with Gasteiger partial charge in [-0.1, -0.05) is 32.1 Å². The van der Waals surface area contributed by atoms with Gasteiger partial charge in [-0.25, -0.2) is 4.68 Å². The van der Waals surface area contributed by atoms with Gasteiger partial charge in [0.15, 0.2) is 17.3 Å². The Hall–Kier alpha value is -2.94. The molecule has 0 spiro atoms. The number of methoxy groups -OCH3 is 2. The maximum absolute atomic E-state index is 13.5. The Bertz CT molecular complexity index is 1190. The molecule has 2 aliphatic rings. The molecule has 34 heavy (non-hydrogen) atoms. The van der Waals surface area contributed by atoms with Crippen molar-refractivity contribution in [2.75, 3.05) is 21.3 Å². The fourth-order valence-electron chi connectivity index (χ4n) is 5.78. The van der Waals surface area contributed by atoms with Gasteiger partial charge >= 0.3 is 0 Å². The zero-order chi connectivity index (χ0) is 23.7. The van der Waals surface area contributed by atoms with E-state index in [0.717, 1.165) is 36.9 Å². The van der Waals surface area contributed by atoms with E-state index < -0.39 is 0 Å². The van der Waals surface area contributed by atoms with Crippen molar-refractivity contribution in [2.45, 2.75) is 75.9 Å². The Morgan fingerprint density at radius 2 is 1.68 bits per heavy atom. The van der Waals surface area contributed by atoms with Crippen LogP contribution in [0.4, 0.5) is 0 Å².